The van der Waals surface area contributed by atoms with Crippen LogP contribution in [0.3, 0.4) is 0 Å². The van der Waals surface area contributed by atoms with Crippen LogP contribution in [-0.4, -0.2) is 21.0 Å². The maximum Gasteiger partial charge on any atom is 0.270 e. The Bertz CT molecular complexity index is 866. The van der Waals surface area contributed by atoms with Crippen LogP contribution in [0, 0.1) is 6.92 Å². The average Bonchev–Trinajstić information content (AvgIpc) is 2.67. The second-order valence-electron chi connectivity index (χ2n) is 5.75. The van der Waals surface area contributed by atoms with Gasteiger partial charge in [-0.15, -0.1) is 0 Å². The second kappa shape index (κ2) is 7.68. The van der Waals surface area contributed by atoms with Crippen LogP contribution in [0.25, 0.3) is 0 Å². The zero-order valence-electron chi connectivity index (χ0n) is 13.9. The number of carbonyl (C=O) groups is 1. The summed E-state index contributed by atoms with van der Waals surface area (Å²) in [5.74, 6) is -0.291. The first kappa shape index (κ1) is 16.8. The maximum absolute atomic E-state index is 12.7. The summed E-state index contributed by atoms with van der Waals surface area (Å²) in [5, 5.41) is 12.3. The molecule has 0 fully saturated rings. The van der Waals surface area contributed by atoms with Gasteiger partial charge in [0, 0.05) is 18.6 Å². The Hall–Kier alpha value is -3.05. The van der Waals surface area contributed by atoms with Crippen molar-refractivity contribution >= 4 is 5.91 Å². The van der Waals surface area contributed by atoms with Crippen molar-refractivity contribution in [1.82, 2.24) is 15.3 Å². The van der Waals surface area contributed by atoms with Crippen molar-refractivity contribution in [3.05, 3.63) is 95.1 Å². The Kier molecular flexibility index (Phi) is 5.16. The molecule has 3 aromatic rings. The van der Waals surface area contributed by atoms with E-state index in [1.54, 1.807) is 24.5 Å². The van der Waals surface area contributed by atoms with Gasteiger partial charge in [-0.05, 0) is 53.4 Å². The van der Waals surface area contributed by atoms with E-state index in [4.69, 9.17) is 0 Å². The third kappa shape index (κ3) is 3.89. The lowest BCUT2D eigenvalue weighted by Crippen LogP contribution is -2.30. The Balaban J connectivity index is 1.95. The quantitative estimate of drug-likeness (QED) is 0.753. The van der Waals surface area contributed by atoms with Gasteiger partial charge in [-0.1, -0.05) is 24.3 Å². The lowest BCUT2D eigenvalue weighted by Gasteiger charge is -2.21. The van der Waals surface area contributed by atoms with Gasteiger partial charge in [-0.3, -0.25) is 14.8 Å². The van der Waals surface area contributed by atoms with Gasteiger partial charge in [0.05, 0.1) is 12.6 Å². The predicted octanol–water partition coefficient (Wildman–Crippen LogP) is 2.80. The van der Waals surface area contributed by atoms with Crippen LogP contribution in [-0.2, 0) is 6.61 Å². The normalized spacial score (nSPS) is 11.8. The molecule has 2 heterocycles. The van der Waals surface area contributed by atoms with Gasteiger partial charge in [-0.2, -0.15) is 0 Å². The molecule has 0 spiro atoms. The van der Waals surface area contributed by atoms with E-state index in [9.17, 15) is 9.90 Å². The molecule has 1 aromatic carbocycles. The lowest BCUT2D eigenvalue weighted by atomic mass is 9.95. The van der Waals surface area contributed by atoms with Crippen molar-refractivity contribution in [2.75, 3.05) is 0 Å². The van der Waals surface area contributed by atoms with E-state index in [0.29, 0.717) is 5.56 Å². The summed E-state index contributed by atoms with van der Waals surface area (Å²) in [4.78, 5) is 20.9. The molecule has 3 rings (SSSR count). The van der Waals surface area contributed by atoms with Gasteiger partial charge in [0.15, 0.2) is 0 Å². The van der Waals surface area contributed by atoms with Gasteiger partial charge in [0.2, 0.25) is 0 Å². The molecule has 5 heteroatoms. The first-order valence-electron chi connectivity index (χ1n) is 8.01. The Morgan fingerprint density at radius 3 is 2.60 bits per heavy atom. The Labute approximate surface area is 146 Å². The van der Waals surface area contributed by atoms with E-state index < -0.39 is 0 Å². The van der Waals surface area contributed by atoms with Crippen LogP contribution in [0.4, 0.5) is 0 Å². The number of pyridine rings is 2. The van der Waals surface area contributed by atoms with Crippen LogP contribution >= 0.6 is 0 Å². The average molecular weight is 333 g/mol. The molecule has 0 unspecified atom stereocenters. The summed E-state index contributed by atoms with van der Waals surface area (Å²) in [6.45, 7) is 1.88. The van der Waals surface area contributed by atoms with Crippen molar-refractivity contribution in [2.45, 2.75) is 19.6 Å². The first-order chi connectivity index (χ1) is 12.2. The third-order valence-corrected chi connectivity index (χ3v) is 4.05. The number of aliphatic hydroxyl groups is 1. The highest BCUT2D eigenvalue weighted by Gasteiger charge is 2.20. The molecule has 5 nitrogen and oxygen atoms in total. The zero-order chi connectivity index (χ0) is 17.6. The number of nitrogens with zero attached hydrogens (tertiary/aromatic N) is 2. The standard InChI is InChI=1S/C20H19N3O2/c1-14-4-2-3-5-17(14)19(16-7-9-21-10-8-16)23-20(25)18-12-15(13-24)6-11-22-18/h2-12,19,24H,13H2,1H3,(H,23,25)/t19-/m0/s1. The molecule has 0 aliphatic rings. The number of benzene rings is 1. The third-order valence-electron chi connectivity index (χ3n) is 4.05. The minimum Gasteiger partial charge on any atom is -0.392 e. The van der Waals surface area contributed by atoms with Crippen molar-refractivity contribution < 1.29 is 9.90 Å². The number of amides is 1. The van der Waals surface area contributed by atoms with Gasteiger partial charge in [-0.25, -0.2) is 0 Å². The highest BCUT2D eigenvalue weighted by molar-refractivity contribution is 5.93. The van der Waals surface area contributed by atoms with Crippen molar-refractivity contribution in [3.63, 3.8) is 0 Å². The molecule has 0 aliphatic heterocycles. The molecule has 0 saturated heterocycles. The Morgan fingerprint density at radius 1 is 1.12 bits per heavy atom. The highest BCUT2D eigenvalue weighted by atomic mass is 16.3. The molecule has 1 amide bonds. The summed E-state index contributed by atoms with van der Waals surface area (Å²) in [6.07, 6.45) is 4.93. The SMILES string of the molecule is Cc1ccccc1[C@@H](NC(=O)c1cc(CO)ccn1)c1ccncc1. The summed E-state index contributed by atoms with van der Waals surface area (Å²) in [6, 6.07) is 14.7. The largest absolute Gasteiger partial charge is 0.392 e. The molecular formula is C20H19N3O2. The molecule has 0 radical (unpaired) electrons. The summed E-state index contributed by atoms with van der Waals surface area (Å²) >= 11 is 0. The second-order valence-corrected chi connectivity index (χ2v) is 5.75. The molecule has 2 N–H and O–H groups in total. The van der Waals surface area contributed by atoms with Gasteiger partial charge in [0.1, 0.15) is 5.69 Å². The minimum atomic E-state index is -0.309. The summed E-state index contributed by atoms with van der Waals surface area (Å²) in [5.41, 5.74) is 3.97. The zero-order valence-corrected chi connectivity index (χ0v) is 13.9. The van der Waals surface area contributed by atoms with Crippen LogP contribution in [0.2, 0.25) is 0 Å². The number of carbonyl (C=O) groups excluding carboxylic acids is 1. The molecule has 1 atom stereocenters. The van der Waals surface area contributed by atoms with Crippen molar-refractivity contribution in [1.29, 1.82) is 0 Å². The van der Waals surface area contributed by atoms with E-state index in [0.717, 1.165) is 16.7 Å². The number of aromatic nitrogens is 2. The molecule has 25 heavy (non-hydrogen) atoms. The number of rotatable bonds is 5. The van der Waals surface area contributed by atoms with E-state index in [-0.39, 0.29) is 24.2 Å². The van der Waals surface area contributed by atoms with Crippen LogP contribution in [0.15, 0.2) is 67.1 Å². The number of aliphatic hydroxyl groups excluding tert-OH is 1. The fourth-order valence-electron chi connectivity index (χ4n) is 2.71. The summed E-state index contributed by atoms with van der Waals surface area (Å²) < 4.78 is 0. The minimum absolute atomic E-state index is 0.131. The monoisotopic (exact) mass is 333 g/mol. The van der Waals surface area contributed by atoms with Gasteiger partial charge >= 0.3 is 0 Å². The number of nitrogens with one attached hydrogen (secondary N) is 1. The van der Waals surface area contributed by atoms with Gasteiger partial charge in [0.25, 0.3) is 5.91 Å². The first-order valence-corrected chi connectivity index (χ1v) is 8.01. The molecule has 2 aromatic heterocycles. The van der Waals surface area contributed by atoms with Gasteiger partial charge < -0.3 is 10.4 Å². The molecule has 0 saturated carbocycles. The molecule has 126 valence electrons. The lowest BCUT2D eigenvalue weighted by molar-refractivity contribution is 0.0937. The number of hydrogen-bond donors (Lipinski definition) is 2. The van der Waals surface area contributed by atoms with E-state index >= 15 is 0 Å². The molecule has 0 bridgehead atoms. The van der Waals surface area contributed by atoms with E-state index in [1.807, 2.05) is 43.3 Å². The van der Waals surface area contributed by atoms with Crippen LogP contribution in [0.5, 0.6) is 0 Å². The van der Waals surface area contributed by atoms with Crippen LogP contribution in [0.1, 0.15) is 38.8 Å². The van der Waals surface area contributed by atoms with E-state index in [2.05, 4.69) is 15.3 Å². The smallest absolute Gasteiger partial charge is 0.270 e. The van der Waals surface area contributed by atoms with Crippen molar-refractivity contribution in [3.8, 4) is 0 Å². The van der Waals surface area contributed by atoms with Crippen LogP contribution < -0.4 is 5.32 Å². The number of aryl methyl sites for hydroxylation is 1. The fraction of sp³-hybridized carbons (Fsp3) is 0.150. The fourth-order valence-corrected chi connectivity index (χ4v) is 2.71. The topological polar surface area (TPSA) is 75.1 Å². The number of hydrogen-bond acceptors (Lipinski definition) is 4. The molecular weight excluding hydrogens is 314 g/mol. The maximum atomic E-state index is 12.7. The Morgan fingerprint density at radius 2 is 1.88 bits per heavy atom. The van der Waals surface area contributed by atoms with E-state index in [1.165, 1.54) is 6.20 Å². The summed E-state index contributed by atoms with van der Waals surface area (Å²) in [7, 11) is 0. The predicted molar refractivity (Wildman–Crippen MR) is 94.9 cm³/mol. The van der Waals surface area contributed by atoms with Crippen molar-refractivity contribution in [2.24, 2.45) is 0 Å². The highest BCUT2D eigenvalue weighted by Crippen LogP contribution is 2.24. The molecule has 0 aliphatic carbocycles.